The van der Waals surface area contributed by atoms with Gasteiger partial charge in [-0.15, -0.1) is 0 Å². The third-order valence-corrected chi connectivity index (χ3v) is 6.04. The molecule has 4 aromatic carbocycles. The average molecular weight is 381 g/mol. The van der Waals surface area contributed by atoms with E-state index in [1.54, 1.807) is 0 Å². The Labute approximate surface area is 175 Å². The molecular weight excluding hydrogens is 348 g/mol. The van der Waals surface area contributed by atoms with Crippen LogP contribution in [0.5, 0.6) is 0 Å². The van der Waals surface area contributed by atoms with Gasteiger partial charge in [-0.25, -0.2) is 0 Å². The summed E-state index contributed by atoms with van der Waals surface area (Å²) in [5.41, 5.74) is 4.04. The van der Waals surface area contributed by atoms with Crippen LogP contribution in [0.25, 0.3) is 32.7 Å². The summed E-state index contributed by atoms with van der Waals surface area (Å²) in [7, 11) is 0. The highest BCUT2D eigenvalue weighted by molar-refractivity contribution is 5.99. The first kappa shape index (κ1) is 19.7. The molecule has 0 atom stereocenters. The highest BCUT2D eigenvalue weighted by Gasteiger charge is 2.03. The van der Waals surface area contributed by atoms with Crippen molar-refractivity contribution in [3.8, 4) is 11.1 Å². The van der Waals surface area contributed by atoms with Crippen molar-refractivity contribution < 1.29 is 0 Å². The minimum Gasteiger partial charge on any atom is -0.0654 e. The Bertz CT molecular complexity index is 1060. The molecule has 0 saturated carbocycles. The van der Waals surface area contributed by atoms with Crippen LogP contribution < -0.4 is 0 Å². The topological polar surface area (TPSA) is 0 Å². The lowest BCUT2D eigenvalue weighted by Crippen LogP contribution is -1.87. The first-order valence-electron chi connectivity index (χ1n) is 11.4. The van der Waals surface area contributed by atoms with Gasteiger partial charge in [-0.1, -0.05) is 106 Å². The van der Waals surface area contributed by atoms with Crippen molar-refractivity contribution in [3.63, 3.8) is 0 Å². The van der Waals surface area contributed by atoms with Crippen LogP contribution in [0.2, 0.25) is 0 Å². The van der Waals surface area contributed by atoms with Crippen molar-refractivity contribution in [1.29, 1.82) is 0 Å². The summed E-state index contributed by atoms with van der Waals surface area (Å²) >= 11 is 0. The number of hydrogen-bond donors (Lipinski definition) is 0. The van der Waals surface area contributed by atoms with Crippen molar-refractivity contribution in [2.75, 3.05) is 0 Å². The number of rotatable bonds is 9. The Balaban J connectivity index is 1.47. The highest BCUT2D eigenvalue weighted by atomic mass is 14.1. The number of aryl methyl sites for hydroxylation is 1. The number of benzene rings is 4. The maximum atomic E-state index is 2.40. The van der Waals surface area contributed by atoms with Crippen LogP contribution >= 0.6 is 0 Å². The van der Waals surface area contributed by atoms with Crippen molar-refractivity contribution >= 4 is 21.5 Å². The van der Waals surface area contributed by atoms with Crippen LogP contribution in [0.4, 0.5) is 0 Å². The Kier molecular flexibility index (Phi) is 6.62. The first-order valence-corrected chi connectivity index (χ1v) is 11.4. The van der Waals surface area contributed by atoms with Gasteiger partial charge in [-0.2, -0.15) is 0 Å². The zero-order chi connectivity index (χ0) is 19.9. The maximum Gasteiger partial charge on any atom is -0.0171 e. The Morgan fingerprint density at radius 2 is 1.14 bits per heavy atom. The van der Waals surface area contributed by atoms with Gasteiger partial charge in [0.15, 0.2) is 0 Å². The lowest BCUT2D eigenvalue weighted by atomic mass is 9.96. The van der Waals surface area contributed by atoms with Crippen LogP contribution in [-0.4, -0.2) is 0 Å². The van der Waals surface area contributed by atoms with Gasteiger partial charge >= 0.3 is 0 Å². The second-order valence-corrected chi connectivity index (χ2v) is 8.33. The normalized spacial score (nSPS) is 11.3. The van der Waals surface area contributed by atoms with E-state index < -0.39 is 0 Å². The van der Waals surface area contributed by atoms with E-state index in [-0.39, 0.29) is 0 Å². The van der Waals surface area contributed by atoms with Gasteiger partial charge in [0, 0.05) is 0 Å². The number of hydrogen-bond acceptors (Lipinski definition) is 0. The molecule has 0 heterocycles. The van der Waals surface area contributed by atoms with E-state index in [2.05, 4.69) is 85.8 Å². The number of fused-ring (bicyclic) bond motifs is 2. The summed E-state index contributed by atoms with van der Waals surface area (Å²) in [5, 5.41) is 5.35. The molecule has 0 N–H and O–H groups in total. The van der Waals surface area contributed by atoms with Crippen molar-refractivity contribution in [3.05, 3.63) is 84.4 Å². The highest BCUT2D eigenvalue weighted by Crippen LogP contribution is 2.28. The van der Waals surface area contributed by atoms with Crippen LogP contribution in [0.15, 0.2) is 78.9 Å². The monoisotopic (exact) mass is 380 g/mol. The Morgan fingerprint density at radius 3 is 1.90 bits per heavy atom. The second kappa shape index (κ2) is 9.74. The molecule has 0 amide bonds. The minimum absolute atomic E-state index is 1.20. The molecule has 4 rings (SSSR count). The fraction of sp³-hybridized carbons (Fsp3) is 0.310. The molecule has 0 aliphatic rings. The van der Waals surface area contributed by atoms with Crippen LogP contribution in [0, 0.1) is 0 Å². The van der Waals surface area contributed by atoms with E-state index in [1.165, 1.54) is 89.6 Å². The smallest absolute Gasteiger partial charge is 0.0171 e. The average Bonchev–Trinajstić information content (AvgIpc) is 2.77. The summed E-state index contributed by atoms with van der Waals surface area (Å²) in [5.74, 6) is 0. The van der Waals surface area contributed by atoms with Crippen molar-refractivity contribution in [2.24, 2.45) is 0 Å². The van der Waals surface area contributed by atoms with Crippen LogP contribution in [0.1, 0.15) is 57.4 Å². The van der Waals surface area contributed by atoms with Gasteiger partial charge in [0.25, 0.3) is 0 Å². The molecule has 0 heteroatoms. The fourth-order valence-electron chi connectivity index (χ4n) is 4.30. The number of unbranched alkanes of at least 4 members (excludes halogenated alkanes) is 6. The molecule has 0 unspecified atom stereocenters. The van der Waals surface area contributed by atoms with Gasteiger partial charge in [-0.05, 0) is 69.3 Å². The third kappa shape index (κ3) is 5.07. The molecule has 0 aliphatic carbocycles. The van der Waals surface area contributed by atoms with Crippen molar-refractivity contribution in [1.82, 2.24) is 0 Å². The summed E-state index contributed by atoms with van der Waals surface area (Å²) in [4.78, 5) is 0. The molecule has 0 radical (unpaired) electrons. The fourth-order valence-corrected chi connectivity index (χ4v) is 4.30. The second-order valence-electron chi connectivity index (χ2n) is 8.33. The van der Waals surface area contributed by atoms with E-state index in [4.69, 9.17) is 0 Å². The predicted octanol–water partition coefficient (Wildman–Crippen LogP) is 8.95. The SMILES string of the molecule is CCCCCCCCCc1ccc2cc3cc(-c4ccccc4)ccc3cc2c1. The van der Waals surface area contributed by atoms with Gasteiger partial charge in [-0.3, -0.25) is 0 Å². The minimum atomic E-state index is 1.20. The van der Waals surface area contributed by atoms with Crippen LogP contribution in [-0.2, 0) is 6.42 Å². The van der Waals surface area contributed by atoms with Gasteiger partial charge < -0.3 is 0 Å². The molecule has 0 aromatic heterocycles. The summed E-state index contributed by atoms with van der Waals surface area (Å²) < 4.78 is 0. The summed E-state index contributed by atoms with van der Waals surface area (Å²) in [6, 6.07) is 29.2. The largest absolute Gasteiger partial charge is 0.0654 e. The zero-order valence-corrected chi connectivity index (χ0v) is 17.7. The molecule has 0 nitrogen and oxygen atoms in total. The molecule has 4 aromatic rings. The predicted molar refractivity (Wildman–Crippen MR) is 129 cm³/mol. The molecule has 148 valence electrons. The third-order valence-electron chi connectivity index (χ3n) is 6.04. The molecule has 0 fully saturated rings. The van der Waals surface area contributed by atoms with Gasteiger partial charge in [0.05, 0.1) is 0 Å². The van der Waals surface area contributed by atoms with Gasteiger partial charge in [0.2, 0.25) is 0 Å². The standard InChI is InChI=1S/C29H32/c1-2-3-4-5-6-7-9-12-23-15-16-26-22-29-20-25(24-13-10-8-11-14-24)17-18-27(29)21-28(26)19-23/h8,10-11,13-22H,2-7,9,12H2,1H3. The maximum absolute atomic E-state index is 2.40. The molecule has 0 aliphatic heterocycles. The zero-order valence-electron chi connectivity index (χ0n) is 17.7. The molecule has 0 bridgehead atoms. The van der Waals surface area contributed by atoms with Crippen LogP contribution in [0.3, 0.4) is 0 Å². The van der Waals surface area contributed by atoms with E-state index in [1.807, 2.05) is 0 Å². The van der Waals surface area contributed by atoms with E-state index in [0.29, 0.717) is 0 Å². The van der Waals surface area contributed by atoms with Gasteiger partial charge in [0.1, 0.15) is 0 Å². The van der Waals surface area contributed by atoms with E-state index in [9.17, 15) is 0 Å². The molecular formula is C29H32. The summed E-state index contributed by atoms with van der Waals surface area (Å²) in [6.07, 6.45) is 10.8. The first-order chi connectivity index (χ1) is 14.3. The lowest BCUT2D eigenvalue weighted by molar-refractivity contribution is 0.589. The summed E-state index contributed by atoms with van der Waals surface area (Å²) in [6.45, 7) is 2.28. The molecule has 0 spiro atoms. The Morgan fingerprint density at radius 1 is 0.483 bits per heavy atom. The van der Waals surface area contributed by atoms with Crippen molar-refractivity contribution in [2.45, 2.75) is 58.3 Å². The van der Waals surface area contributed by atoms with E-state index >= 15 is 0 Å². The molecule has 29 heavy (non-hydrogen) atoms. The molecule has 0 saturated heterocycles. The lowest BCUT2D eigenvalue weighted by Gasteiger charge is -2.08. The Hall–Kier alpha value is -2.60. The quantitative estimate of drug-likeness (QED) is 0.201. The van der Waals surface area contributed by atoms with E-state index in [0.717, 1.165) is 0 Å².